The lowest BCUT2D eigenvalue weighted by molar-refractivity contribution is 0.149. The van der Waals surface area contributed by atoms with Crippen molar-refractivity contribution in [2.45, 2.75) is 38.1 Å². The van der Waals surface area contributed by atoms with Crippen LogP contribution in [0.2, 0.25) is 0 Å². The molecule has 18 heavy (non-hydrogen) atoms. The number of rotatable bonds is 3. The monoisotopic (exact) mass is 245 g/mol. The summed E-state index contributed by atoms with van der Waals surface area (Å²) in [5.41, 5.74) is 0.121. The third-order valence-corrected chi connectivity index (χ3v) is 3.65. The SMILES string of the molecule is CC1CCCC(CO)(Nc2cccc(C#N)n2)C1. The summed E-state index contributed by atoms with van der Waals surface area (Å²) in [6.45, 7) is 2.32. The largest absolute Gasteiger partial charge is 0.394 e. The van der Waals surface area contributed by atoms with Crippen molar-refractivity contribution in [3.63, 3.8) is 0 Å². The number of anilines is 1. The van der Waals surface area contributed by atoms with Gasteiger partial charge < -0.3 is 10.4 Å². The van der Waals surface area contributed by atoms with Crippen molar-refractivity contribution < 1.29 is 5.11 Å². The molecular formula is C14H19N3O. The van der Waals surface area contributed by atoms with E-state index >= 15 is 0 Å². The first-order chi connectivity index (χ1) is 8.67. The summed E-state index contributed by atoms with van der Waals surface area (Å²) in [5.74, 6) is 1.29. The van der Waals surface area contributed by atoms with Gasteiger partial charge in [0.25, 0.3) is 0 Å². The van der Waals surface area contributed by atoms with Crippen molar-refractivity contribution in [2.24, 2.45) is 5.92 Å². The minimum Gasteiger partial charge on any atom is -0.394 e. The highest BCUT2D eigenvalue weighted by atomic mass is 16.3. The Kier molecular flexibility index (Phi) is 3.83. The lowest BCUT2D eigenvalue weighted by Crippen LogP contribution is -2.46. The third-order valence-electron chi connectivity index (χ3n) is 3.65. The number of hydrogen-bond donors (Lipinski definition) is 2. The summed E-state index contributed by atoms with van der Waals surface area (Å²) >= 11 is 0. The van der Waals surface area contributed by atoms with Crippen LogP contribution in [0.1, 0.15) is 38.3 Å². The maximum absolute atomic E-state index is 9.69. The Morgan fingerprint density at radius 2 is 2.44 bits per heavy atom. The van der Waals surface area contributed by atoms with E-state index in [2.05, 4.69) is 17.2 Å². The Morgan fingerprint density at radius 3 is 3.11 bits per heavy atom. The molecule has 4 nitrogen and oxygen atoms in total. The number of aliphatic hydroxyl groups is 1. The molecule has 0 radical (unpaired) electrons. The van der Waals surface area contributed by atoms with E-state index in [1.54, 1.807) is 6.07 Å². The van der Waals surface area contributed by atoms with Gasteiger partial charge in [0.1, 0.15) is 17.6 Å². The Labute approximate surface area is 108 Å². The van der Waals surface area contributed by atoms with E-state index < -0.39 is 0 Å². The van der Waals surface area contributed by atoms with Crippen LogP contribution in [0.3, 0.4) is 0 Å². The summed E-state index contributed by atoms with van der Waals surface area (Å²) < 4.78 is 0. The zero-order valence-electron chi connectivity index (χ0n) is 10.7. The molecule has 0 aromatic carbocycles. The van der Waals surface area contributed by atoms with Gasteiger partial charge in [0, 0.05) is 0 Å². The molecule has 4 heteroatoms. The Balaban J connectivity index is 2.16. The first-order valence-electron chi connectivity index (χ1n) is 6.44. The number of pyridine rings is 1. The summed E-state index contributed by atoms with van der Waals surface area (Å²) in [4.78, 5) is 4.22. The molecule has 0 spiro atoms. The first kappa shape index (κ1) is 12.8. The number of nitriles is 1. The molecular weight excluding hydrogens is 226 g/mol. The molecule has 0 saturated heterocycles. The van der Waals surface area contributed by atoms with E-state index in [1.807, 2.05) is 18.2 Å². The lowest BCUT2D eigenvalue weighted by Gasteiger charge is -2.39. The predicted molar refractivity (Wildman–Crippen MR) is 70.0 cm³/mol. The second-order valence-corrected chi connectivity index (χ2v) is 5.28. The van der Waals surface area contributed by atoms with Gasteiger partial charge in [0.05, 0.1) is 12.1 Å². The van der Waals surface area contributed by atoms with Crippen LogP contribution in [0, 0.1) is 17.2 Å². The van der Waals surface area contributed by atoms with Crippen LogP contribution in [-0.2, 0) is 0 Å². The van der Waals surface area contributed by atoms with Gasteiger partial charge in [-0.3, -0.25) is 0 Å². The molecule has 1 saturated carbocycles. The molecule has 0 aliphatic heterocycles. The molecule has 2 rings (SSSR count). The summed E-state index contributed by atoms with van der Waals surface area (Å²) in [5, 5.41) is 21.9. The molecule has 1 aromatic heterocycles. The van der Waals surface area contributed by atoms with Crippen molar-refractivity contribution in [3.05, 3.63) is 23.9 Å². The molecule has 0 bridgehead atoms. The lowest BCUT2D eigenvalue weighted by atomic mass is 9.77. The van der Waals surface area contributed by atoms with Crippen LogP contribution in [0.4, 0.5) is 5.82 Å². The fraction of sp³-hybridized carbons (Fsp3) is 0.571. The average molecular weight is 245 g/mol. The number of nitrogens with zero attached hydrogens (tertiary/aromatic N) is 2. The van der Waals surface area contributed by atoms with Crippen molar-refractivity contribution in [2.75, 3.05) is 11.9 Å². The van der Waals surface area contributed by atoms with Crippen LogP contribution in [-0.4, -0.2) is 22.2 Å². The smallest absolute Gasteiger partial charge is 0.142 e. The predicted octanol–water partition coefficient (Wildman–Crippen LogP) is 2.31. The van der Waals surface area contributed by atoms with Gasteiger partial charge in [-0.25, -0.2) is 4.98 Å². The third kappa shape index (κ3) is 2.80. The normalized spacial score (nSPS) is 27.5. The van der Waals surface area contributed by atoms with Crippen molar-refractivity contribution >= 4 is 5.82 Å². The first-order valence-corrected chi connectivity index (χ1v) is 6.44. The molecule has 96 valence electrons. The zero-order valence-corrected chi connectivity index (χ0v) is 10.7. The fourth-order valence-corrected chi connectivity index (χ4v) is 2.80. The van der Waals surface area contributed by atoms with Crippen LogP contribution >= 0.6 is 0 Å². The van der Waals surface area contributed by atoms with Crippen LogP contribution < -0.4 is 5.32 Å². The minimum atomic E-state index is -0.279. The summed E-state index contributed by atoms with van der Waals surface area (Å²) in [7, 11) is 0. The average Bonchev–Trinajstić information content (AvgIpc) is 2.39. The Bertz CT molecular complexity index is 455. The van der Waals surface area contributed by atoms with Gasteiger partial charge in [-0.05, 0) is 30.9 Å². The van der Waals surface area contributed by atoms with Crippen LogP contribution in [0.5, 0.6) is 0 Å². The molecule has 2 atom stereocenters. The van der Waals surface area contributed by atoms with Crippen molar-refractivity contribution in [1.82, 2.24) is 4.98 Å². The standard InChI is InChI=1S/C14H19N3O/c1-11-4-3-7-14(8-11,10-18)17-13-6-2-5-12(9-15)16-13/h2,5-6,11,18H,3-4,7-8,10H2,1H3,(H,16,17). The summed E-state index contributed by atoms with van der Waals surface area (Å²) in [6, 6.07) is 7.37. The van der Waals surface area contributed by atoms with E-state index in [0.29, 0.717) is 17.4 Å². The van der Waals surface area contributed by atoms with Crippen molar-refractivity contribution in [3.8, 4) is 6.07 Å². The summed E-state index contributed by atoms with van der Waals surface area (Å²) in [6.07, 6.45) is 4.23. The molecule has 1 fully saturated rings. The maximum atomic E-state index is 9.69. The number of hydrogen-bond acceptors (Lipinski definition) is 4. The second kappa shape index (κ2) is 5.36. The molecule has 1 aliphatic rings. The highest BCUT2D eigenvalue weighted by Crippen LogP contribution is 2.34. The Hall–Kier alpha value is -1.60. The highest BCUT2D eigenvalue weighted by molar-refractivity contribution is 5.41. The van der Waals surface area contributed by atoms with Gasteiger partial charge >= 0.3 is 0 Å². The Morgan fingerprint density at radius 1 is 1.61 bits per heavy atom. The molecule has 2 N–H and O–H groups in total. The molecule has 0 amide bonds. The van der Waals surface area contributed by atoms with E-state index in [9.17, 15) is 5.11 Å². The highest BCUT2D eigenvalue weighted by Gasteiger charge is 2.34. The van der Waals surface area contributed by atoms with E-state index in [0.717, 1.165) is 19.3 Å². The maximum Gasteiger partial charge on any atom is 0.142 e. The minimum absolute atomic E-state index is 0.107. The molecule has 2 unspecified atom stereocenters. The number of aliphatic hydroxyl groups excluding tert-OH is 1. The van der Waals surface area contributed by atoms with Gasteiger partial charge in [-0.15, -0.1) is 0 Å². The topological polar surface area (TPSA) is 68.9 Å². The van der Waals surface area contributed by atoms with Gasteiger partial charge in [0.2, 0.25) is 0 Å². The molecule has 1 aromatic rings. The van der Waals surface area contributed by atoms with E-state index in [-0.39, 0.29) is 12.1 Å². The molecule has 1 heterocycles. The van der Waals surface area contributed by atoms with Gasteiger partial charge in [-0.2, -0.15) is 5.26 Å². The molecule has 1 aliphatic carbocycles. The second-order valence-electron chi connectivity index (χ2n) is 5.28. The van der Waals surface area contributed by atoms with Gasteiger partial charge in [0.15, 0.2) is 0 Å². The number of nitrogens with one attached hydrogen (secondary N) is 1. The number of aromatic nitrogens is 1. The quantitative estimate of drug-likeness (QED) is 0.857. The zero-order chi connectivity index (χ0) is 13.0. The van der Waals surface area contributed by atoms with E-state index in [1.165, 1.54) is 6.42 Å². The van der Waals surface area contributed by atoms with Crippen molar-refractivity contribution in [1.29, 1.82) is 5.26 Å². The van der Waals surface area contributed by atoms with Crippen LogP contribution in [0.25, 0.3) is 0 Å². The van der Waals surface area contributed by atoms with E-state index in [4.69, 9.17) is 5.26 Å². The fourth-order valence-electron chi connectivity index (χ4n) is 2.80. The van der Waals surface area contributed by atoms with Crippen LogP contribution in [0.15, 0.2) is 18.2 Å². The van der Waals surface area contributed by atoms with Gasteiger partial charge in [-0.1, -0.05) is 25.8 Å².